The molecule has 0 saturated carbocycles. The molecular formula is C17H23FN2. The number of rotatable bonds is 4. The minimum atomic E-state index is -0.343. The van der Waals surface area contributed by atoms with Gasteiger partial charge in [-0.25, -0.2) is 4.39 Å². The zero-order chi connectivity index (χ0) is 14.4. The Morgan fingerprint density at radius 2 is 2.20 bits per heavy atom. The van der Waals surface area contributed by atoms with Gasteiger partial charge in [0.2, 0.25) is 0 Å². The summed E-state index contributed by atoms with van der Waals surface area (Å²) >= 11 is 0. The Morgan fingerprint density at radius 3 is 2.95 bits per heavy atom. The van der Waals surface area contributed by atoms with Gasteiger partial charge in [-0.1, -0.05) is 31.9 Å². The second-order valence-electron chi connectivity index (χ2n) is 5.75. The van der Waals surface area contributed by atoms with Crippen molar-refractivity contribution in [2.75, 3.05) is 13.1 Å². The van der Waals surface area contributed by atoms with E-state index in [2.05, 4.69) is 11.8 Å². The van der Waals surface area contributed by atoms with Crippen LogP contribution in [0.5, 0.6) is 0 Å². The molecule has 2 nitrogen and oxygen atoms in total. The standard InChI is InChI=1S/C17H23FN2/c1-2-5-14-6-4-10-20(11-9-14)13-16-8-3-7-15(12-19)17(16)18/h3,7-8,14H,2,4-6,9-11,13H2,1H3. The zero-order valence-corrected chi connectivity index (χ0v) is 12.2. The maximum absolute atomic E-state index is 14.1. The minimum absolute atomic E-state index is 0.154. The van der Waals surface area contributed by atoms with E-state index in [4.69, 9.17) is 5.26 Å². The lowest BCUT2D eigenvalue weighted by atomic mass is 9.96. The van der Waals surface area contributed by atoms with Crippen LogP contribution < -0.4 is 0 Å². The molecule has 1 aromatic carbocycles. The van der Waals surface area contributed by atoms with Crippen LogP contribution in [0.3, 0.4) is 0 Å². The van der Waals surface area contributed by atoms with E-state index in [1.165, 1.54) is 32.1 Å². The van der Waals surface area contributed by atoms with E-state index in [1.807, 2.05) is 6.07 Å². The summed E-state index contributed by atoms with van der Waals surface area (Å²) in [6.07, 6.45) is 6.28. The third kappa shape index (κ3) is 3.80. The third-order valence-corrected chi connectivity index (χ3v) is 4.23. The van der Waals surface area contributed by atoms with Crippen molar-refractivity contribution >= 4 is 0 Å². The highest BCUT2D eigenvalue weighted by molar-refractivity contribution is 5.34. The molecule has 1 aromatic rings. The molecule has 1 heterocycles. The molecule has 1 saturated heterocycles. The average molecular weight is 274 g/mol. The molecule has 1 atom stereocenters. The number of nitriles is 1. The highest BCUT2D eigenvalue weighted by Gasteiger charge is 2.18. The van der Waals surface area contributed by atoms with Gasteiger partial charge >= 0.3 is 0 Å². The van der Waals surface area contributed by atoms with Crippen molar-refractivity contribution in [2.45, 2.75) is 45.6 Å². The molecule has 0 aromatic heterocycles. The third-order valence-electron chi connectivity index (χ3n) is 4.23. The van der Waals surface area contributed by atoms with E-state index in [1.54, 1.807) is 18.2 Å². The van der Waals surface area contributed by atoms with Crippen LogP contribution >= 0.6 is 0 Å². The lowest BCUT2D eigenvalue weighted by Gasteiger charge is -2.20. The van der Waals surface area contributed by atoms with Gasteiger partial charge in [0.1, 0.15) is 11.9 Å². The monoisotopic (exact) mass is 274 g/mol. The molecule has 1 aliphatic heterocycles. The van der Waals surface area contributed by atoms with Crippen LogP contribution in [0.1, 0.15) is 50.2 Å². The summed E-state index contributed by atoms with van der Waals surface area (Å²) in [6.45, 7) is 4.95. The Labute approximate surface area is 121 Å². The van der Waals surface area contributed by atoms with Crippen molar-refractivity contribution < 1.29 is 4.39 Å². The van der Waals surface area contributed by atoms with Gasteiger partial charge in [-0.15, -0.1) is 0 Å². The van der Waals surface area contributed by atoms with Gasteiger partial charge in [0.25, 0.3) is 0 Å². The number of hydrogen-bond donors (Lipinski definition) is 0. The lowest BCUT2D eigenvalue weighted by Crippen LogP contribution is -2.25. The van der Waals surface area contributed by atoms with E-state index in [0.29, 0.717) is 12.1 Å². The quantitative estimate of drug-likeness (QED) is 0.826. The summed E-state index contributed by atoms with van der Waals surface area (Å²) in [4.78, 5) is 2.33. The molecule has 2 rings (SSSR count). The molecule has 0 spiro atoms. The molecular weight excluding hydrogens is 251 g/mol. The summed E-state index contributed by atoms with van der Waals surface area (Å²) in [6, 6.07) is 7.02. The first-order valence-corrected chi connectivity index (χ1v) is 7.64. The molecule has 0 amide bonds. The van der Waals surface area contributed by atoms with Gasteiger partial charge in [0.05, 0.1) is 5.56 Å². The minimum Gasteiger partial charge on any atom is -0.299 e. The summed E-state index contributed by atoms with van der Waals surface area (Å²) in [7, 11) is 0. The first kappa shape index (κ1) is 15.0. The number of benzene rings is 1. The maximum atomic E-state index is 14.1. The highest BCUT2D eigenvalue weighted by Crippen LogP contribution is 2.23. The van der Waals surface area contributed by atoms with Crippen molar-refractivity contribution in [2.24, 2.45) is 5.92 Å². The molecule has 0 aliphatic carbocycles. The molecule has 3 heteroatoms. The van der Waals surface area contributed by atoms with E-state index >= 15 is 0 Å². The predicted octanol–water partition coefficient (Wildman–Crippen LogP) is 4.10. The fourth-order valence-electron chi connectivity index (χ4n) is 3.11. The van der Waals surface area contributed by atoms with E-state index in [9.17, 15) is 4.39 Å². The van der Waals surface area contributed by atoms with Crippen LogP contribution in [0, 0.1) is 23.1 Å². The zero-order valence-electron chi connectivity index (χ0n) is 12.2. The van der Waals surface area contributed by atoms with Crippen LogP contribution in [-0.4, -0.2) is 18.0 Å². The molecule has 1 fully saturated rings. The van der Waals surface area contributed by atoms with Gasteiger partial charge in [0.15, 0.2) is 0 Å². The fourth-order valence-corrected chi connectivity index (χ4v) is 3.11. The lowest BCUT2D eigenvalue weighted by molar-refractivity contribution is 0.267. The highest BCUT2D eigenvalue weighted by atomic mass is 19.1. The first-order chi connectivity index (χ1) is 9.74. The number of likely N-dealkylation sites (tertiary alicyclic amines) is 1. The van der Waals surface area contributed by atoms with Gasteiger partial charge in [-0.05, 0) is 44.3 Å². The Hall–Kier alpha value is -1.40. The molecule has 108 valence electrons. The van der Waals surface area contributed by atoms with Crippen LogP contribution in [0.25, 0.3) is 0 Å². The Bertz CT molecular complexity index is 478. The second kappa shape index (κ2) is 7.40. The van der Waals surface area contributed by atoms with Crippen LogP contribution in [0.2, 0.25) is 0 Å². The van der Waals surface area contributed by atoms with Crippen molar-refractivity contribution in [3.63, 3.8) is 0 Å². The van der Waals surface area contributed by atoms with Crippen molar-refractivity contribution in [1.82, 2.24) is 4.90 Å². The molecule has 1 aliphatic rings. The average Bonchev–Trinajstić information content (AvgIpc) is 2.67. The number of hydrogen-bond acceptors (Lipinski definition) is 2. The van der Waals surface area contributed by atoms with Crippen molar-refractivity contribution in [3.8, 4) is 6.07 Å². The van der Waals surface area contributed by atoms with Crippen molar-refractivity contribution in [3.05, 3.63) is 35.1 Å². The number of halogens is 1. The largest absolute Gasteiger partial charge is 0.299 e. The second-order valence-corrected chi connectivity index (χ2v) is 5.75. The molecule has 0 radical (unpaired) electrons. The smallest absolute Gasteiger partial charge is 0.145 e. The topological polar surface area (TPSA) is 27.0 Å². The van der Waals surface area contributed by atoms with Crippen LogP contribution in [-0.2, 0) is 6.54 Å². The molecule has 20 heavy (non-hydrogen) atoms. The van der Waals surface area contributed by atoms with Gasteiger partial charge in [0, 0.05) is 12.1 Å². The van der Waals surface area contributed by atoms with Crippen LogP contribution in [0.4, 0.5) is 4.39 Å². The number of nitrogens with zero attached hydrogens (tertiary/aromatic N) is 2. The summed E-state index contributed by atoms with van der Waals surface area (Å²) in [5.41, 5.74) is 0.805. The van der Waals surface area contributed by atoms with Gasteiger partial charge in [-0.2, -0.15) is 5.26 Å². The normalized spacial score (nSPS) is 20.4. The van der Waals surface area contributed by atoms with Crippen molar-refractivity contribution in [1.29, 1.82) is 5.26 Å². The van der Waals surface area contributed by atoms with Gasteiger partial charge < -0.3 is 0 Å². The van der Waals surface area contributed by atoms with Gasteiger partial charge in [-0.3, -0.25) is 4.90 Å². The molecule has 1 unspecified atom stereocenters. The Balaban J connectivity index is 1.99. The maximum Gasteiger partial charge on any atom is 0.145 e. The van der Waals surface area contributed by atoms with E-state index < -0.39 is 0 Å². The summed E-state index contributed by atoms with van der Waals surface area (Å²) in [5, 5.41) is 8.88. The Morgan fingerprint density at radius 1 is 1.35 bits per heavy atom. The van der Waals surface area contributed by atoms with Crippen LogP contribution in [0.15, 0.2) is 18.2 Å². The first-order valence-electron chi connectivity index (χ1n) is 7.64. The van der Waals surface area contributed by atoms with E-state index in [-0.39, 0.29) is 11.4 Å². The summed E-state index contributed by atoms with van der Waals surface area (Å²) < 4.78 is 14.1. The summed E-state index contributed by atoms with van der Waals surface area (Å²) in [5.74, 6) is 0.490. The predicted molar refractivity (Wildman–Crippen MR) is 78.6 cm³/mol. The SMILES string of the molecule is CCCC1CCCN(Cc2cccc(C#N)c2F)CC1. The van der Waals surface area contributed by atoms with E-state index in [0.717, 1.165) is 19.0 Å². The molecule has 0 N–H and O–H groups in total. The molecule has 0 bridgehead atoms. The Kier molecular flexibility index (Phi) is 5.55. The fraction of sp³-hybridized carbons (Fsp3) is 0.588.